The van der Waals surface area contributed by atoms with Crippen LogP contribution in [0.3, 0.4) is 0 Å². The Hall–Kier alpha value is -0.180. The van der Waals surface area contributed by atoms with Gasteiger partial charge in [-0.2, -0.15) is 0 Å². The quantitative estimate of drug-likeness (QED) is 0.824. The van der Waals surface area contributed by atoms with E-state index in [-0.39, 0.29) is 0 Å². The van der Waals surface area contributed by atoms with Crippen LogP contribution >= 0.6 is 11.8 Å². The van der Waals surface area contributed by atoms with Crippen molar-refractivity contribution in [3.05, 3.63) is 0 Å². The smallest absolute Gasteiger partial charge is 0.156 e. The number of nitrogens with one attached hydrogen (secondary N) is 1. The molecule has 3 aliphatic rings. The molecule has 2 aliphatic carbocycles. The Morgan fingerprint density at radius 1 is 1.17 bits per heavy atom. The molecule has 0 amide bonds. The number of amidine groups is 1. The first-order chi connectivity index (χ1) is 8.83. The Labute approximate surface area is 115 Å². The van der Waals surface area contributed by atoms with Gasteiger partial charge in [0, 0.05) is 18.3 Å². The van der Waals surface area contributed by atoms with E-state index in [4.69, 9.17) is 4.99 Å². The Balaban J connectivity index is 1.53. The van der Waals surface area contributed by atoms with Crippen LogP contribution in [0.4, 0.5) is 0 Å². The van der Waals surface area contributed by atoms with Crippen LogP contribution in [-0.4, -0.2) is 23.5 Å². The van der Waals surface area contributed by atoms with Gasteiger partial charge in [-0.1, -0.05) is 44.4 Å². The lowest BCUT2D eigenvalue weighted by Crippen LogP contribution is -2.41. The molecule has 3 fully saturated rings. The van der Waals surface area contributed by atoms with Gasteiger partial charge in [0.1, 0.15) is 0 Å². The molecule has 4 atom stereocenters. The predicted molar refractivity (Wildman–Crippen MR) is 80.1 cm³/mol. The van der Waals surface area contributed by atoms with Crippen molar-refractivity contribution in [1.82, 2.24) is 5.32 Å². The third-order valence-corrected chi connectivity index (χ3v) is 6.28. The molecule has 1 heterocycles. The summed E-state index contributed by atoms with van der Waals surface area (Å²) in [5.74, 6) is 3.95. The van der Waals surface area contributed by atoms with E-state index in [1.165, 1.54) is 55.9 Å². The molecule has 2 nitrogen and oxygen atoms in total. The van der Waals surface area contributed by atoms with E-state index in [1.54, 1.807) is 0 Å². The van der Waals surface area contributed by atoms with Gasteiger partial charge in [-0.25, -0.2) is 0 Å². The average Bonchev–Trinajstić information content (AvgIpc) is 2.85. The largest absolute Gasteiger partial charge is 0.362 e. The first-order valence-electron chi connectivity index (χ1n) is 7.76. The first kappa shape index (κ1) is 12.8. The minimum absolute atomic E-state index is 0.744. The molecule has 3 heteroatoms. The van der Waals surface area contributed by atoms with Crippen LogP contribution in [-0.2, 0) is 0 Å². The number of hydrogen-bond acceptors (Lipinski definition) is 2. The van der Waals surface area contributed by atoms with Crippen molar-refractivity contribution in [2.45, 2.75) is 57.9 Å². The molecule has 1 aliphatic heterocycles. The van der Waals surface area contributed by atoms with E-state index in [2.05, 4.69) is 12.2 Å². The van der Waals surface area contributed by atoms with Gasteiger partial charge in [-0.05, 0) is 37.0 Å². The monoisotopic (exact) mass is 266 g/mol. The molecule has 0 aromatic carbocycles. The van der Waals surface area contributed by atoms with Crippen molar-refractivity contribution < 1.29 is 0 Å². The van der Waals surface area contributed by atoms with Crippen molar-refractivity contribution in [1.29, 1.82) is 0 Å². The zero-order valence-electron chi connectivity index (χ0n) is 11.5. The lowest BCUT2D eigenvalue weighted by molar-refractivity contribution is 0.263. The maximum Gasteiger partial charge on any atom is 0.156 e. The van der Waals surface area contributed by atoms with Crippen LogP contribution in [0.5, 0.6) is 0 Å². The lowest BCUT2D eigenvalue weighted by Gasteiger charge is -2.30. The van der Waals surface area contributed by atoms with Crippen LogP contribution in [0, 0.1) is 17.8 Å². The SMILES string of the molecule is CC1CCCCC1CN=C1NC2CCCC2CS1. The summed E-state index contributed by atoms with van der Waals surface area (Å²) in [6, 6.07) is 0.744. The van der Waals surface area contributed by atoms with E-state index in [0.717, 1.165) is 30.3 Å². The fraction of sp³-hybridized carbons (Fsp3) is 0.933. The molecule has 4 unspecified atom stereocenters. The molecule has 2 saturated carbocycles. The van der Waals surface area contributed by atoms with E-state index in [0.29, 0.717) is 0 Å². The van der Waals surface area contributed by atoms with Gasteiger partial charge >= 0.3 is 0 Å². The number of fused-ring (bicyclic) bond motifs is 1. The van der Waals surface area contributed by atoms with Gasteiger partial charge < -0.3 is 5.32 Å². The third-order valence-electron chi connectivity index (χ3n) is 5.16. The maximum atomic E-state index is 4.89. The zero-order valence-corrected chi connectivity index (χ0v) is 12.3. The summed E-state index contributed by atoms with van der Waals surface area (Å²) in [5, 5.41) is 4.93. The Morgan fingerprint density at radius 3 is 2.94 bits per heavy atom. The Morgan fingerprint density at radius 2 is 2.06 bits per heavy atom. The number of aliphatic imine (C=N–C) groups is 1. The highest BCUT2D eigenvalue weighted by Gasteiger charge is 2.32. The molecule has 1 saturated heterocycles. The molecule has 1 N–H and O–H groups in total. The topological polar surface area (TPSA) is 24.4 Å². The second kappa shape index (κ2) is 5.85. The molecule has 0 radical (unpaired) electrons. The van der Waals surface area contributed by atoms with Gasteiger partial charge in [-0.3, -0.25) is 4.99 Å². The van der Waals surface area contributed by atoms with Gasteiger partial charge in [0.05, 0.1) is 0 Å². The molecular weight excluding hydrogens is 240 g/mol. The maximum absolute atomic E-state index is 4.89. The Kier molecular flexibility index (Phi) is 4.17. The summed E-state index contributed by atoms with van der Waals surface area (Å²) < 4.78 is 0. The summed E-state index contributed by atoms with van der Waals surface area (Å²) in [4.78, 5) is 4.89. The fourth-order valence-corrected chi connectivity index (χ4v) is 4.94. The minimum Gasteiger partial charge on any atom is -0.362 e. The van der Waals surface area contributed by atoms with Crippen LogP contribution in [0.2, 0.25) is 0 Å². The van der Waals surface area contributed by atoms with Gasteiger partial charge in [0.25, 0.3) is 0 Å². The highest BCUT2D eigenvalue weighted by atomic mass is 32.2. The van der Waals surface area contributed by atoms with Gasteiger partial charge in [0.2, 0.25) is 0 Å². The normalized spacial score (nSPS) is 42.6. The molecule has 0 aromatic heterocycles. The van der Waals surface area contributed by atoms with Crippen molar-refractivity contribution in [2.75, 3.05) is 12.3 Å². The van der Waals surface area contributed by atoms with E-state index in [9.17, 15) is 0 Å². The molecule has 3 rings (SSSR count). The second-order valence-electron chi connectivity index (χ2n) is 6.42. The molecule has 18 heavy (non-hydrogen) atoms. The molecular formula is C15H26N2S. The standard InChI is InChI=1S/C15H26N2S/c1-11-5-2-3-6-12(11)9-16-15-17-14-8-4-7-13(14)10-18-15/h11-14H,2-10H2,1H3,(H,16,17). The Bertz CT molecular complexity index is 316. The first-order valence-corrected chi connectivity index (χ1v) is 8.75. The van der Waals surface area contributed by atoms with E-state index in [1.807, 2.05) is 11.8 Å². The van der Waals surface area contributed by atoms with Crippen LogP contribution in [0.15, 0.2) is 4.99 Å². The van der Waals surface area contributed by atoms with Crippen molar-refractivity contribution in [3.8, 4) is 0 Å². The van der Waals surface area contributed by atoms with Crippen LogP contribution in [0.1, 0.15) is 51.9 Å². The number of rotatable bonds is 2. The van der Waals surface area contributed by atoms with Crippen LogP contribution < -0.4 is 5.32 Å². The van der Waals surface area contributed by atoms with Gasteiger partial charge in [-0.15, -0.1) is 0 Å². The van der Waals surface area contributed by atoms with Crippen molar-refractivity contribution in [2.24, 2.45) is 22.7 Å². The predicted octanol–water partition coefficient (Wildman–Crippen LogP) is 3.67. The molecule has 0 aromatic rings. The van der Waals surface area contributed by atoms with Crippen LogP contribution in [0.25, 0.3) is 0 Å². The number of thioether (sulfide) groups is 1. The average molecular weight is 266 g/mol. The van der Waals surface area contributed by atoms with Crippen molar-refractivity contribution in [3.63, 3.8) is 0 Å². The minimum atomic E-state index is 0.744. The zero-order chi connectivity index (χ0) is 12.4. The van der Waals surface area contributed by atoms with Gasteiger partial charge in [0.15, 0.2) is 5.17 Å². The second-order valence-corrected chi connectivity index (χ2v) is 7.43. The van der Waals surface area contributed by atoms with E-state index < -0.39 is 0 Å². The summed E-state index contributed by atoms with van der Waals surface area (Å²) in [6.45, 7) is 3.48. The highest BCUT2D eigenvalue weighted by molar-refractivity contribution is 8.13. The fourth-order valence-electron chi connectivity index (χ4n) is 3.77. The lowest BCUT2D eigenvalue weighted by atomic mass is 9.80. The summed E-state index contributed by atoms with van der Waals surface area (Å²) >= 11 is 1.97. The van der Waals surface area contributed by atoms with Crippen molar-refractivity contribution >= 4 is 16.9 Å². The number of hydrogen-bond donors (Lipinski definition) is 1. The summed E-state index contributed by atoms with van der Waals surface area (Å²) in [7, 11) is 0. The molecule has 0 bridgehead atoms. The summed E-state index contributed by atoms with van der Waals surface area (Å²) in [6.07, 6.45) is 9.88. The highest BCUT2D eigenvalue weighted by Crippen LogP contribution is 2.33. The third kappa shape index (κ3) is 2.87. The molecule has 102 valence electrons. The molecule has 0 spiro atoms. The number of nitrogens with zero attached hydrogens (tertiary/aromatic N) is 1. The van der Waals surface area contributed by atoms with E-state index >= 15 is 0 Å². The summed E-state index contributed by atoms with van der Waals surface area (Å²) in [5.41, 5.74) is 0.